The largest absolute Gasteiger partial charge is 0.0621 e. The van der Waals surface area contributed by atoms with Crippen LogP contribution in [0.25, 0.3) is 11.1 Å². The summed E-state index contributed by atoms with van der Waals surface area (Å²) in [6, 6.07) is 18.2. The topological polar surface area (TPSA) is 0 Å². The quantitative estimate of drug-likeness (QED) is 0.567. The molecule has 3 aliphatic rings. The van der Waals surface area contributed by atoms with Crippen molar-refractivity contribution < 1.29 is 0 Å². The Morgan fingerprint density at radius 1 is 0.500 bits per heavy atom. The predicted molar refractivity (Wildman–Crippen MR) is 102 cm³/mol. The summed E-state index contributed by atoms with van der Waals surface area (Å²) in [6.07, 6.45) is 13.5. The lowest BCUT2D eigenvalue weighted by Crippen LogP contribution is -1.95. The van der Waals surface area contributed by atoms with E-state index in [-0.39, 0.29) is 0 Å². The molecule has 0 spiro atoms. The van der Waals surface area contributed by atoms with Crippen LogP contribution in [0, 0.1) is 0 Å². The lowest BCUT2D eigenvalue weighted by atomic mass is 9.92. The fourth-order valence-electron chi connectivity index (χ4n) is 4.09. The molecule has 3 aliphatic carbocycles. The van der Waals surface area contributed by atoms with Gasteiger partial charge in [-0.15, -0.1) is 0 Å². The van der Waals surface area contributed by atoms with Gasteiger partial charge in [0.05, 0.1) is 0 Å². The monoisotopic (exact) mass is 308 g/mol. The van der Waals surface area contributed by atoms with Crippen LogP contribution in [-0.4, -0.2) is 0 Å². The summed E-state index contributed by atoms with van der Waals surface area (Å²) in [5, 5.41) is 0. The molecule has 24 heavy (non-hydrogen) atoms. The van der Waals surface area contributed by atoms with Crippen LogP contribution in [0.4, 0.5) is 0 Å². The lowest BCUT2D eigenvalue weighted by molar-refractivity contribution is 1.07. The van der Waals surface area contributed by atoms with Gasteiger partial charge in [-0.05, 0) is 59.1 Å². The molecule has 0 fully saturated rings. The summed E-state index contributed by atoms with van der Waals surface area (Å²) in [7, 11) is 0. The third-order valence-electron chi connectivity index (χ3n) is 5.33. The molecule has 0 N–H and O–H groups in total. The van der Waals surface area contributed by atoms with Crippen molar-refractivity contribution in [2.75, 3.05) is 0 Å². The molecule has 8 bridgehead atoms. The number of hydrogen-bond donors (Lipinski definition) is 0. The van der Waals surface area contributed by atoms with Crippen LogP contribution in [0.15, 0.2) is 84.0 Å². The van der Waals surface area contributed by atoms with E-state index in [0.29, 0.717) is 0 Å². The Balaban J connectivity index is 1.58. The third kappa shape index (κ3) is 2.49. The zero-order valence-corrected chi connectivity index (χ0v) is 13.8. The van der Waals surface area contributed by atoms with Crippen LogP contribution in [0.3, 0.4) is 0 Å². The van der Waals surface area contributed by atoms with Crippen molar-refractivity contribution in [3.05, 3.63) is 106 Å². The maximum absolute atomic E-state index is 2.38. The summed E-state index contributed by atoms with van der Waals surface area (Å²) in [5.74, 6) is 0. The first-order valence-electron chi connectivity index (χ1n) is 8.79. The van der Waals surface area contributed by atoms with Gasteiger partial charge in [-0.3, -0.25) is 0 Å². The number of rotatable bonds is 0. The highest BCUT2D eigenvalue weighted by Gasteiger charge is 2.15. The standard InChI is InChI=1S/C24H20/c1-3-17-11-19-8-10-24(16-19)22-6-2-4-18(14-22)12-20-7-9-23(15-20)21(5-1)13-17/h1-10,13-14H,11-12,15-16H2. The molecule has 0 radical (unpaired) electrons. The second kappa shape index (κ2) is 5.49. The fourth-order valence-corrected chi connectivity index (χ4v) is 4.09. The molecule has 0 unspecified atom stereocenters. The molecule has 0 nitrogen and oxygen atoms in total. The van der Waals surface area contributed by atoms with Gasteiger partial charge in [0.1, 0.15) is 0 Å². The van der Waals surface area contributed by atoms with E-state index in [1.165, 1.54) is 44.5 Å². The summed E-state index contributed by atoms with van der Waals surface area (Å²) in [5.41, 5.74) is 11.6. The van der Waals surface area contributed by atoms with Crippen molar-refractivity contribution in [2.45, 2.75) is 25.7 Å². The van der Waals surface area contributed by atoms with E-state index < -0.39 is 0 Å². The maximum Gasteiger partial charge on any atom is -0.00547 e. The summed E-state index contributed by atoms with van der Waals surface area (Å²) in [4.78, 5) is 0. The van der Waals surface area contributed by atoms with Gasteiger partial charge >= 0.3 is 0 Å². The highest BCUT2D eigenvalue weighted by atomic mass is 14.2. The summed E-state index contributed by atoms with van der Waals surface area (Å²) < 4.78 is 0. The Hall–Kier alpha value is -2.60. The molecule has 0 saturated carbocycles. The van der Waals surface area contributed by atoms with Crippen LogP contribution in [0.5, 0.6) is 0 Å². The molecule has 0 heteroatoms. The van der Waals surface area contributed by atoms with Crippen molar-refractivity contribution >= 4 is 11.1 Å². The van der Waals surface area contributed by atoms with Crippen molar-refractivity contribution in [2.24, 2.45) is 0 Å². The number of hydrogen-bond acceptors (Lipinski definition) is 0. The smallest absolute Gasteiger partial charge is 0.00547 e. The van der Waals surface area contributed by atoms with Crippen molar-refractivity contribution in [1.82, 2.24) is 0 Å². The highest BCUT2D eigenvalue weighted by molar-refractivity contribution is 5.75. The molecule has 0 aliphatic heterocycles. The van der Waals surface area contributed by atoms with Crippen LogP contribution >= 0.6 is 0 Å². The first-order chi connectivity index (χ1) is 11.8. The van der Waals surface area contributed by atoms with E-state index >= 15 is 0 Å². The Kier molecular flexibility index (Phi) is 3.16. The molecule has 0 heterocycles. The van der Waals surface area contributed by atoms with E-state index in [1.54, 1.807) is 0 Å². The first kappa shape index (κ1) is 13.8. The van der Waals surface area contributed by atoms with Gasteiger partial charge in [-0.25, -0.2) is 0 Å². The molecule has 0 amide bonds. The molecule has 116 valence electrons. The van der Waals surface area contributed by atoms with Crippen molar-refractivity contribution in [3.8, 4) is 0 Å². The minimum absolute atomic E-state index is 1.06. The Morgan fingerprint density at radius 3 is 1.50 bits per heavy atom. The SMILES string of the molecule is C1=C2CC(=C1)c1cccc(c1)CC1=CC=C(C1)c1cccc(c1)C2. The average Bonchev–Trinajstić information content (AvgIpc) is 3.24. The van der Waals surface area contributed by atoms with Gasteiger partial charge in [0.2, 0.25) is 0 Å². The average molecular weight is 308 g/mol. The Labute approximate surface area is 143 Å². The molecular weight excluding hydrogens is 288 g/mol. The van der Waals surface area contributed by atoms with Crippen molar-refractivity contribution in [3.63, 3.8) is 0 Å². The Morgan fingerprint density at radius 2 is 1.00 bits per heavy atom. The van der Waals surface area contributed by atoms with E-state index in [2.05, 4.69) is 72.8 Å². The molecule has 2 aromatic carbocycles. The van der Waals surface area contributed by atoms with Crippen LogP contribution < -0.4 is 0 Å². The van der Waals surface area contributed by atoms with Gasteiger partial charge in [0.15, 0.2) is 0 Å². The second-order valence-corrected chi connectivity index (χ2v) is 7.14. The normalized spacial score (nSPS) is 18.3. The van der Waals surface area contributed by atoms with Crippen LogP contribution in [-0.2, 0) is 12.8 Å². The van der Waals surface area contributed by atoms with E-state index in [4.69, 9.17) is 0 Å². The minimum Gasteiger partial charge on any atom is -0.0621 e. The second-order valence-electron chi connectivity index (χ2n) is 7.14. The maximum atomic E-state index is 2.38. The van der Waals surface area contributed by atoms with Crippen molar-refractivity contribution in [1.29, 1.82) is 0 Å². The Bertz CT molecular complexity index is 868. The van der Waals surface area contributed by atoms with Gasteiger partial charge in [0, 0.05) is 0 Å². The molecule has 0 atom stereocenters. The van der Waals surface area contributed by atoms with Crippen LogP contribution in [0.2, 0.25) is 0 Å². The molecule has 5 rings (SSSR count). The van der Waals surface area contributed by atoms with E-state index in [9.17, 15) is 0 Å². The molecular formula is C24H20. The summed E-state index contributed by atoms with van der Waals surface area (Å²) >= 11 is 0. The molecule has 0 saturated heterocycles. The van der Waals surface area contributed by atoms with Crippen LogP contribution in [0.1, 0.15) is 35.1 Å². The first-order valence-corrected chi connectivity index (χ1v) is 8.79. The fraction of sp³-hybridized carbons (Fsp3) is 0.167. The zero-order chi connectivity index (χ0) is 15.9. The molecule has 0 aromatic heterocycles. The van der Waals surface area contributed by atoms with E-state index in [0.717, 1.165) is 25.7 Å². The summed E-state index contributed by atoms with van der Waals surface area (Å²) in [6.45, 7) is 0. The zero-order valence-electron chi connectivity index (χ0n) is 13.8. The van der Waals surface area contributed by atoms with Gasteiger partial charge < -0.3 is 0 Å². The number of fused-ring (bicyclic) bond motifs is 10. The van der Waals surface area contributed by atoms with Gasteiger partial charge in [-0.2, -0.15) is 0 Å². The predicted octanol–water partition coefficient (Wildman–Crippen LogP) is 5.91. The van der Waals surface area contributed by atoms with Gasteiger partial charge in [0.25, 0.3) is 0 Å². The van der Waals surface area contributed by atoms with Gasteiger partial charge in [-0.1, -0.05) is 84.0 Å². The third-order valence-corrected chi connectivity index (χ3v) is 5.33. The number of benzene rings is 2. The highest BCUT2D eigenvalue weighted by Crippen LogP contribution is 2.34. The molecule has 2 aromatic rings. The minimum atomic E-state index is 1.06. The van der Waals surface area contributed by atoms with E-state index in [1.807, 2.05) is 0 Å². The number of allylic oxidation sites excluding steroid dienone is 8. The lowest BCUT2D eigenvalue weighted by Gasteiger charge is -2.12.